The van der Waals surface area contributed by atoms with E-state index in [-0.39, 0.29) is 12.5 Å². The molecule has 3 N–H and O–H groups in total. The largest absolute Gasteiger partial charge is 0.497 e. The Labute approximate surface area is 105 Å². The molecule has 0 spiro atoms. The van der Waals surface area contributed by atoms with Gasteiger partial charge in [-0.25, -0.2) is 4.98 Å². The van der Waals surface area contributed by atoms with Crippen LogP contribution in [0.1, 0.15) is 6.92 Å². The minimum Gasteiger partial charge on any atom is -0.497 e. The van der Waals surface area contributed by atoms with Crippen LogP contribution in [0.15, 0.2) is 18.2 Å². The number of nitrogen functional groups attached to an aromatic ring is 1. The van der Waals surface area contributed by atoms with E-state index in [1.165, 1.54) is 0 Å². The Kier molecular flexibility index (Phi) is 3.36. The van der Waals surface area contributed by atoms with Crippen molar-refractivity contribution in [2.24, 2.45) is 0 Å². The molecule has 6 heteroatoms. The van der Waals surface area contributed by atoms with E-state index >= 15 is 0 Å². The number of nitrogens with one attached hydrogen (secondary N) is 1. The summed E-state index contributed by atoms with van der Waals surface area (Å²) in [5, 5.41) is 2.73. The van der Waals surface area contributed by atoms with Crippen LogP contribution in [-0.2, 0) is 11.3 Å². The predicted octanol–water partition coefficient (Wildman–Crippen LogP) is 0.763. The third-order valence-electron chi connectivity index (χ3n) is 2.66. The topological polar surface area (TPSA) is 82.2 Å². The van der Waals surface area contributed by atoms with E-state index in [1.807, 2.05) is 25.1 Å². The maximum absolute atomic E-state index is 11.6. The molecule has 2 rings (SSSR count). The van der Waals surface area contributed by atoms with Gasteiger partial charge in [0.15, 0.2) is 0 Å². The molecule has 0 fully saturated rings. The van der Waals surface area contributed by atoms with Gasteiger partial charge in [-0.15, -0.1) is 0 Å². The van der Waals surface area contributed by atoms with Gasteiger partial charge in [0.1, 0.15) is 12.3 Å². The van der Waals surface area contributed by atoms with Crippen LogP contribution >= 0.6 is 0 Å². The molecule has 0 saturated carbocycles. The standard InChI is InChI=1S/C12H16N4O2/c1-3-14-11(17)7-16-10-6-8(18-2)4-5-9(10)15-12(16)13/h4-6H,3,7H2,1-2H3,(H2,13,15)(H,14,17). The van der Waals surface area contributed by atoms with E-state index in [0.29, 0.717) is 18.2 Å². The lowest BCUT2D eigenvalue weighted by Gasteiger charge is -2.07. The molecular weight excluding hydrogens is 232 g/mol. The molecule has 6 nitrogen and oxygen atoms in total. The number of nitrogens with zero attached hydrogens (tertiary/aromatic N) is 2. The summed E-state index contributed by atoms with van der Waals surface area (Å²) in [7, 11) is 1.59. The average molecular weight is 248 g/mol. The average Bonchev–Trinajstić information content (AvgIpc) is 2.65. The van der Waals surface area contributed by atoms with Crippen molar-refractivity contribution in [1.29, 1.82) is 0 Å². The van der Waals surface area contributed by atoms with Crippen LogP contribution in [-0.4, -0.2) is 29.1 Å². The third-order valence-corrected chi connectivity index (χ3v) is 2.66. The molecule has 1 heterocycles. The van der Waals surface area contributed by atoms with Gasteiger partial charge in [-0.2, -0.15) is 0 Å². The fraction of sp³-hybridized carbons (Fsp3) is 0.333. The van der Waals surface area contributed by atoms with Gasteiger partial charge >= 0.3 is 0 Å². The highest BCUT2D eigenvalue weighted by Crippen LogP contribution is 2.22. The van der Waals surface area contributed by atoms with Crippen molar-refractivity contribution in [1.82, 2.24) is 14.9 Å². The van der Waals surface area contributed by atoms with Crippen molar-refractivity contribution in [3.05, 3.63) is 18.2 Å². The summed E-state index contributed by atoms with van der Waals surface area (Å²) in [5.74, 6) is 0.940. The van der Waals surface area contributed by atoms with Crippen LogP contribution in [0, 0.1) is 0 Å². The number of amides is 1. The maximum Gasteiger partial charge on any atom is 0.240 e. The second-order valence-electron chi connectivity index (χ2n) is 3.86. The number of benzene rings is 1. The number of carbonyl (C=O) groups excluding carboxylic acids is 1. The molecular formula is C12H16N4O2. The Morgan fingerprint density at radius 1 is 1.56 bits per heavy atom. The Bertz CT molecular complexity index is 577. The summed E-state index contributed by atoms with van der Waals surface area (Å²) in [6.07, 6.45) is 0. The van der Waals surface area contributed by atoms with E-state index in [1.54, 1.807) is 11.7 Å². The van der Waals surface area contributed by atoms with Crippen molar-refractivity contribution in [2.45, 2.75) is 13.5 Å². The van der Waals surface area contributed by atoms with Gasteiger partial charge < -0.3 is 20.4 Å². The molecule has 1 aromatic carbocycles. The highest BCUT2D eigenvalue weighted by molar-refractivity contribution is 5.83. The maximum atomic E-state index is 11.6. The van der Waals surface area contributed by atoms with Crippen LogP contribution in [0.2, 0.25) is 0 Å². The van der Waals surface area contributed by atoms with Crippen molar-refractivity contribution in [2.75, 3.05) is 19.4 Å². The normalized spacial score (nSPS) is 10.6. The zero-order valence-electron chi connectivity index (χ0n) is 10.4. The van der Waals surface area contributed by atoms with E-state index in [4.69, 9.17) is 10.5 Å². The second-order valence-corrected chi connectivity index (χ2v) is 3.86. The van der Waals surface area contributed by atoms with Crippen molar-refractivity contribution >= 4 is 22.9 Å². The first-order valence-electron chi connectivity index (χ1n) is 5.72. The van der Waals surface area contributed by atoms with Gasteiger partial charge in [0.25, 0.3) is 0 Å². The summed E-state index contributed by atoms with van der Waals surface area (Å²) in [6, 6.07) is 5.45. The number of hydrogen-bond acceptors (Lipinski definition) is 4. The number of fused-ring (bicyclic) bond motifs is 1. The first-order valence-corrected chi connectivity index (χ1v) is 5.72. The summed E-state index contributed by atoms with van der Waals surface area (Å²) in [6.45, 7) is 2.62. The van der Waals surface area contributed by atoms with Crippen LogP contribution in [0.3, 0.4) is 0 Å². The molecule has 0 unspecified atom stereocenters. The first kappa shape index (κ1) is 12.2. The molecule has 18 heavy (non-hydrogen) atoms. The Balaban J connectivity index is 2.41. The number of carbonyl (C=O) groups is 1. The molecule has 0 aliphatic heterocycles. The van der Waals surface area contributed by atoms with Gasteiger partial charge in [-0.1, -0.05) is 0 Å². The molecule has 1 aromatic heterocycles. The summed E-state index contributed by atoms with van der Waals surface area (Å²) in [5.41, 5.74) is 7.36. The Morgan fingerprint density at radius 2 is 2.33 bits per heavy atom. The quantitative estimate of drug-likeness (QED) is 0.837. The summed E-state index contributed by atoms with van der Waals surface area (Å²) >= 11 is 0. The Hall–Kier alpha value is -2.24. The lowest BCUT2D eigenvalue weighted by Crippen LogP contribution is -2.27. The fourth-order valence-electron chi connectivity index (χ4n) is 1.81. The zero-order valence-corrected chi connectivity index (χ0v) is 10.4. The van der Waals surface area contributed by atoms with Crippen LogP contribution < -0.4 is 15.8 Å². The second kappa shape index (κ2) is 4.95. The zero-order chi connectivity index (χ0) is 13.1. The SMILES string of the molecule is CCNC(=O)Cn1c(N)nc2ccc(OC)cc21. The van der Waals surface area contributed by atoms with Crippen molar-refractivity contribution in [3.8, 4) is 5.75 Å². The van der Waals surface area contributed by atoms with E-state index in [9.17, 15) is 4.79 Å². The van der Waals surface area contributed by atoms with Crippen molar-refractivity contribution in [3.63, 3.8) is 0 Å². The number of imidazole rings is 1. The molecule has 96 valence electrons. The van der Waals surface area contributed by atoms with Gasteiger partial charge in [0.05, 0.1) is 18.1 Å². The fourth-order valence-corrected chi connectivity index (χ4v) is 1.81. The lowest BCUT2D eigenvalue weighted by molar-refractivity contribution is -0.121. The smallest absolute Gasteiger partial charge is 0.240 e. The highest BCUT2D eigenvalue weighted by Gasteiger charge is 2.11. The molecule has 0 atom stereocenters. The van der Waals surface area contributed by atoms with E-state index in [0.717, 1.165) is 11.0 Å². The number of aromatic nitrogens is 2. The molecule has 0 aliphatic carbocycles. The van der Waals surface area contributed by atoms with E-state index < -0.39 is 0 Å². The highest BCUT2D eigenvalue weighted by atomic mass is 16.5. The molecule has 0 saturated heterocycles. The summed E-state index contributed by atoms with van der Waals surface area (Å²) in [4.78, 5) is 15.8. The molecule has 2 aromatic rings. The van der Waals surface area contributed by atoms with Gasteiger partial charge in [-0.3, -0.25) is 4.79 Å². The van der Waals surface area contributed by atoms with Crippen LogP contribution in [0.4, 0.5) is 5.95 Å². The van der Waals surface area contributed by atoms with Gasteiger partial charge in [0.2, 0.25) is 11.9 Å². The number of ether oxygens (including phenoxy) is 1. The van der Waals surface area contributed by atoms with Crippen molar-refractivity contribution < 1.29 is 9.53 Å². The number of hydrogen-bond donors (Lipinski definition) is 2. The first-order chi connectivity index (χ1) is 8.65. The van der Waals surface area contributed by atoms with Gasteiger partial charge in [0, 0.05) is 12.6 Å². The van der Waals surface area contributed by atoms with Crippen LogP contribution in [0.5, 0.6) is 5.75 Å². The molecule has 0 radical (unpaired) electrons. The molecule has 1 amide bonds. The number of nitrogens with two attached hydrogens (primary N) is 1. The minimum atomic E-state index is -0.0914. The number of anilines is 1. The third kappa shape index (κ3) is 2.22. The van der Waals surface area contributed by atoms with E-state index in [2.05, 4.69) is 10.3 Å². The monoisotopic (exact) mass is 248 g/mol. The lowest BCUT2D eigenvalue weighted by atomic mass is 10.3. The molecule has 0 aliphatic rings. The molecule has 0 bridgehead atoms. The summed E-state index contributed by atoms with van der Waals surface area (Å²) < 4.78 is 6.83. The van der Waals surface area contributed by atoms with Gasteiger partial charge in [-0.05, 0) is 19.1 Å². The number of methoxy groups -OCH3 is 1. The minimum absolute atomic E-state index is 0.0914. The van der Waals surface area contributed by atoms with Crippen LogP contribution in [0.25, 0.3) is 11.0 Å². The predicted molar refractivity (Wildman–Crippen MR) is 69.4 cm³/mol. The number of rotatable bonds is 4. The Morgan fingerprint density at radius 3 is 3.00 bits per heavy atom. The number of likely N-dealkylation sites (N-methyl/N-ethyl adjacent to an activating group) is 1.